The Bertz CT molecular complexity index is 1010. The first kappa shape index (κ1) is 22.5. The molecule has 2 aromatic rings. The molecule has 1 amide bonds. The quantitative estimate of drug-likeness (QED) is 0.612. The fraction of sp³-hybridized carbons (Fsp3) is 0.583. The molecule has 3 N–H and O–H groups in total. The van der Waals surface area contributed by atoms with E-state index in [0.717, 1.165) is 61.0 Å². The Morgan fingerprint density at radius 3 is 2.50 bits per heavy atom. The number of aromatic nitrogens is 2. The number of carbonyl (C=O) groups is 1. The summed E-state index contributed by atoms with van der Waals surface area (Å²) in [6.07, 6.45) is 6.64. The first-order valence-electron chi connectivity index (χ1n) is 11.6. The van der Waals surface area contributed by atoms with Gasteiger partial charge in [0.1, 0.15) is 5.82 Å². The number of nitrogens with one attached hydrogen (secondary N) is 3. The average molecular weight is 439 g/mol. The largest absolute Gasteiger partial charge is 0.369 e. The molecule has 32 heavy (non-hydrogen) atoms. The zero-order valence-electron chi connectivity index (χ0n) is 19.5. The van der Waals surface area contributed by atoms with Crippen LogP contribution in [0.1, 0.15) is 75.5 Å². The van der Waals surface area contributed by atoms with Crippen molar-refractivity contribution in [3.8, 4) is 0 Å². The molecule has 8 heteroatoms. The molecule has 8 nitrogen and oxygen atoms in total. The lowest BCUT2D eigenvalue weighted by Crippen LogP contribution is -2.48. The number of anilines is 1. The van der Waals surface area contributed by atoms with Crippen LogP contribution in [0.4, 0.5) is 5.82 Å². The van der Waals surface area contributed by atoms with Crippen LogP contribution < -0.4 is 16.1 Å². The number of fused-ring (bicyclic) bond motifs is 1. The summed E-state index contributed by atoms with van der Waals surface area (Å²) in [5.74, 6) is 1.44. The minimum Gasteiger partial charge on any atom is -0.369 e. The van der Waals surface area contributed by atoms with Gasteiger partial charge < -0.3 is 10.6 Å². The predicted octanol–water partition coefficient (Wildman–Crippen LogP) is 3.90. The van der Waals surface area contributed by atoms with Gasteiger partial charge in [-0.1, -0.05) is 24.5 Å². The Labute approximate surface area is 189 Å². The highest BCUT2D eigenvalue weighted by Crippen LogP contribution is 2.27. The number of nitrogens with zero attached hydrogens (tertiary/aromatic N) is 3. The van der Waals surface area contributed by atoms with E-state index >= 15 is 0 Å². The van der Waals surface area contributed by atoms with Gasteiger partial charge in [0.05, 0.1) is 17.0 Å². The van der Waals surface area contributed by atoms with Crippen LogP contribution in [0.3, 0.4) is 0 Å². The molecule has 1 aromatic carbocycles. The van der Waals surface area contributed by atoms with Crippen molar-refractivity contribution >= 4 is 28.5 Å². The first-order chi connectivity index (χ1) is 15.3. The van der Waals surface area contributed by atoms with Crippen LogP contribution in [0.5, 0.6) is 0 Å². The molecule has 0 spiro atoms. The zero-order chi connectivity index (χ0) is 22.7. The fourth-order valence-electron chi connectivity index (χ4n) is 4.22. The molecule has 0 saturated heterocycles. The number of hydroxylamine groups is 1. The highest BCUT2D eigenvalue weighted by Gasteiger charge is 2.28. The van der Waals surface area contributed by atoms with Crippen LogP contribution in [-0.2, 0) is 4.84 Å². The molecular weight excluding hydrogens is 404 g/mol. The van der Waals surface area contributed by atoms with Gasteiger partial charge in [-0.05, 0) is 59.1 Å². The van der Waals surface area contributed by atoms with Crippen LogP contribution in [0.2, 0.25) is 0 Å². The number of amidine groups is 1. The molecule has 172 valence electrons. The lowest BCUT2D eigenvalue weighted by atomic mass is 9.90. The Kier molecular flexibility index (Phi) is 6.60. The van der Waals surface area contributed by atoms with E-state index in [1.165, 1.54) is 6.42 Å². The highest BCUT2D eigenvalue weighted by atomic mass is 16.7. The zero-order valence-corrected chi connectivity index (χ0v) is 19.5. The molecule has 4 rings (SSSR count). The lowest BCUT2D eigenvalue weighted by Gasteiger charge is -2.34. The lowest BCUT2D eigenvalue weighted by molar-refractivity contribution is -0.0593. The second-order valence-electron chi connectivity index (χ2n) is 9.78. The van der Waals surface area contributed by atoms with Gasteiger partial charge in [-0.15, -0.1) is 0 Å². The molecule has 1 aliphatic carbocycles. The topological polar surface area (TPSA) is 101 Å². The summed E-state index contributed by atoms with van der Waals surface area (Å²) < 4.78 is 0. The number of benzene rings is 1. The number of hydrogen-bond acceptors (Lipinski definition) is 7. The minimum absolute atomic E-state index is 0.0913. The second-order valence-corrected chi connectivity index (χ2v) is 9.78. The van der Waals surface area contributed by atoms with Crippen LogP contribution in [-0.4, -0.2) is 45.9 Å². The maximum atomic E-state index is 12.7. The van der Waals surface area contributed by atoms with E-state index < -0.39 is 11.5 Å². The molecule has 0 unspecified atom stereocenters. The first-order valence-corrected chi connectivity index (χ1v) is 11.6. The number of hydrogen-bond donors (Lipinski definition) is 3. The van der Waals surface area contributed by atoms with E-state index in [9.17, 15) is 4.79 Å². The Morgan fingerprint density at radius 1 is 1.06 bits per heavy atom. The summed E-state index contributed by atoms with van der Waals surface area (Å²) in [6, 6.07) is 6.49. The molecule has 2 aliphatic rings. The van der Waals surface area contributed by atoms with Crippen molar-refractivity contribution in [1.82, 2.24) is 20.8 Å². The predicted molar refractivity (Wildman–Crippen MR) is 127 cm³/mol. The van der Waals surface area contributed by atoms with Crippen molar-refractivity contribution in [3.05, 3.63) is 29.6 Å². The SMILES string of the molecule is Cc1ccc2nc(C(=O)NOC(C)(C)C)nc(N[C@H]3CCCC[C@H]3NC3=NCCC3)c2c1. The number of rotatable bonds is 5. The number of aryl methyl sites for hydroxylation is 1. The van der Waals surface area contributed by atoms with Gasteiger partial charge in [0.15, 0.2) is 0 Å². The summed E-state index contributed by atoms with van der Waals surface area (Å²) in [6.45, 7) is 8.57. The molecule has 1 aliphatic heterocycles. The summed E-state index contributed by atoms with van der Waals surface area (Å²) in [7, 11) is 0. The smallest absolute Gasteiger partial charge is 0.312 e. The van der Waals surface area contributed by atoms with Crippen molar-refractivity contribution in [3.63, 3.8) is 0 Å². The third-order valence-electron chi connectivity index (χ3n) is 5.82. The van der Waals surface area contributed by atoms with Crippen molar-refractivity contribution < 1.29 is 9.63 Å². The number of amides is 1. The molecule has 1 aromatic heterocycles. The van der Waals surface area contributed by atoms with E-state index in [2.05, 4.69) is 37.1 Å². The van der Waals surface area contributed by atoms with Crippen LogP contribution >= 0.6 is 0 Å². The Balaban J connectivity index is 1.62. The van der Waals surface area contributed by atoms with Gasteiger partial charge in [-0.3, -0.25) is 14.6 Å². The van der Waals surface area contributed by atoms with Gasteiger partial charge in [-0.2, -0.15) is 0 Å². The van der Waals surface area contributed by atoms with Crippen molar-refractivity contribution in [1.29, 1.82) is 0 Å². The normalized spacial score (nSPS) is 21.3. The van der Waals surface area contributed by atoms with E-state index in [1.807, 2.05) is 39.8 Å². The molecule has 1 fully saturated rings. The second kappa shape index (κ2) is 9.40. The van der Waals surface area contributed by atoms with Crippen LogP contribution in [0, 0.1) is 6.92 Å². The fourth-order valence-corrected chi connectivity index (χ4v) is 4.22. The third kappa shape index (κ3) is 5.54. The summed E-state index contributed by atoms with van der Waals surface area (Å²) in [4.78, 5) is 31.9. The van der Waals surface area contributed by atoms with Crippen LogP contribution in [0.25, 0.3) is 10.9 Å². The van der Waals surface area contributed by atoms with Gasteiger partial charge in [-0.25, -0.2) is 15.4 Å². The Hall–Kier alpha value is -2.74. The summed E-state index contributed by atoms with van der Waals surface area (Å²) in [5, 5.41) is 8.24. The molecule has 2 atom stereocenters. The molecule has 0 radical (unpaired) electrons. The minimum atomic E-state index is -0.505. The van der Waals surface area contributed by atoms with Crippen LogP contribution in [0.15, 0.2) is 23.2 Å². The van der Waals surface area contributed by atoms with E-state index in [0.29, 0.717) is 5.82 Å². The standard InChI is InChI=1S/C24H34N6O2/c1-15-11-12-17-16(14-15)21(29-22(27-17)23(31)30-32-24(2,3)4)28-19-9-6-5-8-18(19)26-20-10-7-13-25-20/h11-12,14,18-19H,5-10,13H2,1-4H3,(H,25,26)(H,30,31)(H,27,28,29)/t18-,19+/m1/s1. The summed E-state index contributed by atoms with van der Waals surface area (Å²) in [5.41, 5.74) is 3.83. The van der Waals surface area contributed by atoms with E-state index in [4.69, 9.17) is 4.84 Å². The molecule has 1 saturated carbocycles. The van der Waals surface area contributed by atoms with Gasteiger partial charge in [0.25, 0.3) is 0 Å². The number of carbonyl (C=O) groups excluding carboxylic acids is 1. The van der Waals surface area contributed by atoms with E-state index in [1.54, 1.807) is 0 Å². The number of aliphatic imine (C=N–C) groups is 1. The monoisotopic (exact) mass is 438 g/mol. The maximum Gasteiger partial charge on any atom is 0.312 e. The molecule has 2 heterocycles. The molecular formula is C24H34N6O2. The third-order valence-corrected chi connectivity index (χ3v) is 5.82. The summed E-state index contributed by atoms with van der Waals surface area (Å²) >= 11 is 0. The van der Waals surface area contributed by atoms with Crippen molar-refractivity contribution in [2.45, 2.75) is 83.9 Å². The maximum absolute atomic E-state index is 12.7. The van der Waals surface area contributed by atoms with Gasteiger partial charge in [0, 0.05) is 30.4 Å². The van der Waals surface area contributed by atoms with Gasteiger partial charge in [0.2, 0.25) is 5.82 Å². The Morgan fingerprint density at radius 2 is 1.81 bits per heavy atom. The van der Waals surface area contributed by atoms with Crippen molar-refractivity contribution in [2.75, 3.05) is 11.9 Å². The van der Waals surface area contributed by atoms with Gasteiger partial charge >= 0.3 is 5.91 Å². The highest BCUT2D eigenvalue weighted by molar-refractivity contribution is 5.96. The van der Waals surface area contributed by atoms with E-state index in [-0.39, 0.29) is 17.9 Å². The average Bonchev–Trinajstić information content (AvgIpc) is 3.26. The van der Waals surface area contributed by atoms with Crippen molar-refractivity contribution in [2.24, 2.45) is 4.99 Å². The molecule has 0 bridgehead atoms.